The Morgan fingerprint density at radius 2 is 0.933 bits per heavy atom. The Labute approximate surface area is 176 Å². The van der Waals surface area contributed by atoms with E-state index >= 15 is 0 Å². The molecule has 0 aliphatic rings. The summed E-state index contributed by atoms with van der Waals surface area (Å²) in [5.74, 6) is -2.17. The lowest BCUT2D eigenvalue weighted by atomic mass is 9.88. The second-order valence-electron chi connectivity index (χ2n) is 6.42. The molecule has 0 rings (SSSR count). The van der Waals surface area contributed by atoms with Crippen molar-refractivity contribution in [3.05, 3.63) is 38.0 Å². The summed E-state index contributed by atoms with van der Waals surface area (Å²) in [7, 11) is 0. The van der Waals surface area contributed by atoms with E-state index in [1.54, 1.807) is 0 Å². The van der Waals surface area contributed by atoms with Crippen LogP contribution in [-0.2, 0) is 28.6 Å². The molecular formula is C20H32O10. The maximum absolute atomic E-state index is 11.1. The SMILES string of the molecule is C=CC(=O)OCC(CO)(COC(=O)C=C)COC(=O)C=C.CCC(CO)(CO)CO. The summed E-state index contributed by atoms with van der Waals surface area (Å²) < 4.78 is 14.5. The monoisotopic (exact) mass is 432 g/mol. The van der Waals surface area contributed by atoms with Crippen molar-refractivity contribution in [1.82, 2.24) is 0 Å². The average molecular weight is 432 g/mol. The van der Waals surface area contributed by atoms with E-state index in [1.165, 1.54) is 0 Å². The number of rotatable bonds is 14. The lowest BCUT2D eigenvalue weighted by Gasteiger charge is -2.29. The average Bonchev–Trinajstić information content (AvgIpc) is 2.80. The first-order chi connectivity index (χ1) is 14.2. The minimum atomic E-state index is -1.28. The molecule has 0 fully saturated rings. The van der Waals surface area contributed by atoms with Crippen molar-refractivity contribution in [2.45, 2.75) is 13.3 Å². The fraction of sp³-hybridized carbons (Fsp3) is 0.550. The molecule has 0 heterocycles. The minimum Gasteiger partial charge on any atom is -0.462 e. The van der Waals surface area contributed by atoms with E-state index in [4.69, 9.17) is 29.5 Å². The van der Waals surface area contributed by atoms with Crippen molar-refractivity contribution in [2.75, 3.05) is 46.2 Å². The van der Waals surface area contributed by atoms with Gasteiger partial charge in [0.05, 0.1) is 31.8 Å². The molecule has 0 unspecified atom stereocenters. The summed E-state index contributed by atoms with van der Waals surface area (Å²) in [6.45, 7) is 9.50. The third-order valence-electron chi connectivity index (χ3n) is 4.15. The van der Waals surface area contributed by atoms with Crippen LogP contribution >= 0.6 is 0 Å². The molecule has 0 aromatic carbocycles. The van der Waals surface area contributed by atoms with Gasteiger partial charge in [-0.05, 0) is 6.42 Å². The van der Waals surface area contributed by atoms with Gasteiger partial charge in [0.1, 0.15) is 19.8 Å². The van der Waals surface area contributed by atoms with Gasteiger partial charge >= 0.3 is 17.9 Å². The van der Waals surface area contributed by atoms with Gasteiger partial charge in [-0.15, -0.1) is 0 Å². The first-order valence-electron chi connectivity index (χ1n) is 8.98. The Balaban J connectivity index is 0. The predicted molar refractivity (Wildman–Crippen MR) is 107 cm³/mol. The van der Waals surface area contributed by atoms with Crippen LogP contribution in [0.1, 0.15) is 13.3 Å². The quantitative estimate of drug-likeness (QED) is 0.160. The van der Waals surface area contributed by atoms with Crippen molar-refractivity contribution >= 4 is 17.9 Å². The predicted octanol–water partition coefficient (Wildman–Crippen LogP) is -0.488. The van der Waals surface area contributed by atoms with Crippen LogP contribution in [0.3, 0.4) is 0 Å². The van der Waals surface area contributed by atoms with Gasteiger partial charge in [0.15, 0.2) is 0 Å². The van der Waals surface area contributed by atoms with E-state index in [0.717, 1.165) is 18.2 Å². The van der Waals surface area contributed by atoms with Crippen molar-refractivity contribution in [1.29, 1.82) is 0 Å². The van der Waals surface area contributed by atoms with Gasteiger partial charge < -0.3 is 34.6 Å². The molecule has 0 bridgehead atoms. The van der Waals surface area contributed by atoms with Gasteiger partial charge in [-0.1, -0.05) is 26.7 Å². The smallest absolute Gasteiger partial charge is 0.330 e. The molecule has 0 radical (unpaired) electrons. The molecule has 0 saturated carbocycles. The molecule has 10 nitrogen and oxygen atoms in total. The van der Waals surface area contributed by atoms with Gasteiger partial charge in [0, 0.05) is 23.6 Å². The molecule has 0 aliphatic carbocycles. The highest BCUT2D eigenvalue weighted by Gasteiger charge is 2.35. The van der Waals surface area contributed by atoms with Gasteiger partial charge in [-0.25, -0.2) is 14.4 Å². The topological polar surface area (TPSA) is 160 Å². The summed E-state index contributed by atoms with van der Waals surface area (Å²) in [6.07, 6.45) is 3.41. The first kappa shape index (κ1) is 29.7. The molecule has 0 amide bonds. The molecule has 0 aromatic heterocycles. The largest absolute Gasteiger partial charge is 0.462 e. The molecule has 0 atom stereocenters. The van der Waals surface area contributed by atoms with E-state index in [2.05, 4.69) is 19.7 Å². The highest BCUT2D eigenvalue weighted by atomic mass is 16.6. The number of aliphatic hydroxyl groups excluding tert-OH is 4. The summed E-state index contributed by atoms with van der Waals surface area (Å²) >= 11 is 0. The molecule has 0 aliphatic heterocycles. The zero-order chi connectivity index (χ0) is 23.6. The number of aliphatic hydroxyl groups is 4. The summed E-state index contributed by atoms with van der Waals surface area (Å²) in [4.78, 5) is 33.3. The maximum atomic E-state index is 11.1. The van der Waals surface area contributed by atoms with E-state index in [-0.39, 0.29) is 39.6 Å². The Morgan fingerprint density at radius 1 is 0.667 bits per heavy atom. The number of carbonyl (C=O) groups excluding carboxylic acids is 3. The lowest BCUT2D eigenvalue weighted by Crippen LogP contribution is -2.42. The van der Waals surface area contributed by atoms with Gasteiger partial charge in [-0.2, -0.15) is 0 Å². The van der Waals surface area contributed by atoms with Crippen LogP contribution in [0.25, 0.3) is 0 Å². The highest BCUT2D eigenvalue weighted by molar-refractivity contribution is 5.82. The number of carbonyl (C=O) groups is 3. The summed E-state index contributed by atoms with van der Waals surface area (Å²) in [5, 5.41) is 35.5. The number of hydrogen-bond donors (Lipinski definition) is 4. The zero-order valence-electron chi connectivity index (χ0n) is 17.2. The fourth-order valence-electron chi connectivity index (χ4n) is 1.60. The van der Waals surface area contributed by atoms with Gasteiger partial charge in [-0.3, -0.25) is 0 Å². The van der Waals surface area contributed by atoms with Crippen molar-refractivity contribution in [2.24, 2.45) is 10.8 Å². The second kappa shape index (κ2) is 16.3. The van der Waals surface area contributed by atoms with Crippen molar-refractivity contribution < 1.29 is 49.0 Å². The van der Waals surface area contributed by atoms with Gasteiger partial charge in [0.25, 0.3) is 0 Å². The van der Waals surface area contributed by atoms with Gasteiger partial charge in [0.2, 0.25) is 0 Å². The maximum Gasteiger partial charge on any atom is 0.330 e. The van der Waals surface area contributed by atoms with Crippen LogP contribution < -0.4 is 0 Å². The van der Waals surface area contributed by atoms with Crippen LogP contribution in [0.15, 0.2) is 38.0 Å². The standard InChI is InChI=1S/C14H18O7.C6H14O3/c1-4-11(16)19-8-14(7-15,9-20-12(17)5-2)10-21-13(18)6-3;1-2-6(3-7,4-8)5-9/h4-6,15H,1-3,7-10H2;7-9H,2-5H2,1H3. The summed E-state index contributed by atoms with van der Waals surface area (Å²) in [5.41, 5.74) is -1.95. The molecule has 30 heavy (non-hydrogen) atoms. The molecule has 172 valence electrons. The Bertz CT molecular complexity index is 489. The fourth-order valence-corrected chi connectivity index (χ4v) is 1.60. The third kappa shape index (κ3) is 11.5. The molecule has 4 N–H and O–H groups in total. The molecule has 0 aromatic rings. The highest BCUT2D eigenvalue weighted by Crippen LogP contribution is 2.20. The summed E-state index contributed by atoms with van der Waals surface area (Å²) in [6, 6.07) is 0. The Morgan fingerprint density at radius 3 is 1.07 bits per heavy atom. The third-order valence-corrected chi connectivity index (χ3v) is 4.15. The van der Waals surface area contributed by atoms with Crippen LogP contribution in [-0.4, -0.2) is 84.6 Å². The van der Waals surface area contributed by atoms with E-state index in [1.807, 2.05) is 6.92 Å². The molecule has 10 heteroatoms. The number of hydrogen-bond acceptors (Lipinski definition) is 10. The Kier molecular flexibility index (Phi) is 16.1. The second-order valence-corrected chi connectivity index (χ2v) is 6.42. The lowest BCUT2D eigenvalue weighted by molar-refractivity contribution is -0.159. The van der Waals surface area contributed by atoms with Crippen LogP contribution in [0, 0.1) is 10.8 Å². The van der Waals surface area contributed by atoms with Crippen molar-refractivity contribution in [3.8, 4) is 0 Å². The normalized spacial score (nSPS) is 10.7. The number of esters is 3. The number of ether oxygens (including phenoxy) is 3. The van der Waals surface area contributed by atoms with E-state index < -0.39 is 35.3 Å². The Hall–Kier alpha value is -2.53. The molecular weight excluding hydrogens is 400 g/mol. The molecule has 0 saturated heterocycles. The van der Waals surface area contributed by atoms with Crippen LogP contribution in [0.2, 0.25) is 0 Å². The van der Waals surface area contributed by atoms with Crippen molar-refractivity contribution in [3.63, 3.8) is 0 Å². The zero-order valence-corrected chi connectivity index (χ0v) is 17.2. The van der Waals surface area contributed by atoms with Crippen LogP contribution in [0.4, 0.5) is 0 Å². The van der Waals surface area contributed by atoms with Crippen LogP contribution in [0.5, 0.6) is 0 Å². The molecule has 0 spiro atoms. The first-order valence-corrected chi connectivity index (χ1v) is 8.98. The van der Waals surface area contributed by atoms with E-state index in [9.17, 15) is 19.5 Å². The van der Waals surface area contributed by atoms with E-state index in [0.29, 0.717) is 6.42 Å². The minimum absolute atomic E-state index is 0.156.